The molecule has 2 unspecified atom stereocenters. The molecule has 2 fully saturated rings. The molecular formula is C21H40N2O6. The van der Waals surface area contributed by atoms with Crippen LogP contribution in [0.25, 0.3) is 0 Å². The van der Waals surface area contributed by atoms with Gasteiger partial charge in [0.15, 0.2) is 0 Å². The number of nitrogens with one attached hydrogen (secondary N) is 2. The van der Waals surface area contributed by atoms with Crippen molar-refractivity contribution in [3.05, 3.63) is 0 Å². The first-order valence-corrected chi connectivity index (χ1v) is 10.8. The zero-order chi connectivity index (χ0) is 21.9. The third-order valence-corrected chi connectivity index (χ3v) is 5.30. The minimum atomic E-state index is -0.818. The summed E-state index contributed by atoms with van der Waals surface area (Å²) in [5.41, 5.74) is -1.51. The summed E-state index contributed by atoms with van der Waals surface area (Å²) in [6.45, 7) is 10.2. The smallest absolute Gasteiger partial charge is 0.222 e. The Morgan fingerprint density at radius 2 is 1.31 bits per heavy atom. The third kappa shape index (κ3) is 9.42. The predicted molar refractivity (Wildman–Crippen MR) is 110 cm³/mol. The zero-order valence-corrected chi connectivity index (χ0v) is 18.5. The number of hydrogen-bond acceptors (Lipinski definition) is 6. The van der Waals surface area contributed by atoms with E-state index < -0.39 is 11.2 Å². The van der Waals surface area contributed by atoms with Gasteiger partial charge in [-0.15, -0.1) is 0 Å². The lowest BCUT2D eigenvalue weighted by molar-refractivity contribution is -0.180. The van der Waals surface area contributed by atoms with Crippen molar-refractivity contribution in [3.63, 3.8) is 0 Å². The second-order valence-corrected chi connectivity index (χ2v) is 8.57. The molecule has 2 atom stereocenters. The molecule has 2 aliphatic rings. The maximum atomic E-state index is 11.5. The summed E-state index contributed by atoms with van der Waals surface area (Å²) in [6, 6.07) is 0. The number of amides is 2. The lowest BCUT2D eigenvalue weighted by Crippen LogP contribution is -2.57. The summed E-state index contributed by atoms with van der Waals surface area (Å²) in [7, 11) is 0. The van der Waals surface area contributed by atoms with Gasteiger partial charge in [0.25, 0.3) is 0 Å². The normalized spacial score (nSPS) is 20.8. The molecule has 0 aromatic heterocycles. The summed E-state index contributed by atoms with van der Waals surface area (Å²) < 4.78 is 9.80. The second-order valence-electron chi connectivity index (χ2n) is 8.57. The summed E-state index contributed by atoms with van der Waals surface area (Å²) in [5, 5.41) is 24.9. The lowest BCUT2D eigenvalue weighted by Gasteiger charge is -2.36. The van der Waals surface area contributed by atoms with E-state index in [2.05, 4.69) is 24.5 Å². The Hall–Kier alpha value is -1.22. The van der Waals surface area contributed by atoms with Gasteiger partial charge in [-0.05, 0) is 19.3 Å². The van der Waals surface area contributed by atoms with Crippen LogP contribution in [0.3, 0.4) is 0 Å². The molecule has 2 rings (SSSR count). The average molecular weight is 417 g/mol. The molecule has 0 saturated carbocycles. The van der Waals surface area contributed by atoms with Gasteiger partial charge in [-0.1, -0.05) is 40.5 Å². The largest absolute Gasteiger partial charge is 0.385 e. The average Bonchev–Trinajstić information content (AvgIpc) is 2.64. The highest BCUT2D eigenvalue weighted by atomic mass is 16.5. The van der Waals surface area contributed by atoms with Crippen LogP contribution in [0.15, 0.2) is 0 Å². The molecule has 4 N–H and O–H groups in total. The molecule has 0 spiro atoms. The van der Waals surface area contributed by atoms with Gasteiger partial charge in [0, 0.05) is 18.4 Å². The number of aliphatic hydroxyl groups is 2. The van der Waals surface area contributed by atoms with Crippen LogP contribution >= 0.6 is 0 Å². The van der Waals surface area contributed by atoms with Crippen molar-refractivity contribution in [3.8, 4) is 0 Å². The highest BCUT2D eigenvalue weighted by molar-refractivity contribution is 5.78. The van der Waals surface area contributed by atoms with Crippen molar-refractivity contribution in [2.24, 2.45) is 11.8 Å². The molecule has 0 bridgehead atoms. The third-order valence-electron chi connectivity index (χ3n) is 5.30. The highest BCUT2D eigenvalue weighted by Crippen LogP contribution is 2.19. The minimum absolute atomic E-state index is 0.0205. The standard InChI is InChI=1S/C11H21NO3.C10H19NO3/c1-3-4-9(2)10(13)12-6-5-11(14)7-15-8-11;1-3-4-8(2)9(12)11-5-10(13)6-14-7-10/h9,14H,3-8H2,1-2H3,(H,12,13);8,13H,3-7H2,1-2H3,(H,11,12). The summed E-state index contributed by atoms with van der Waals surface area (Å²) in [4.78, 5) is 23.0. The molecule has 0 aliphatic carbocycles. The van der Waals surface area contributed by atoms with Crippen molar-refractivity contribution >= 4 is 11.8 Å². The fourth-order valence-electron chi connectivity index (χ4n) is 3.07. The van der Waals surface area contributed by atoms with Crippen LogP contribution in [0.1, 0.15) is 59.8 Å². The Balaban J connectivity index is 0.000000291. The van der Waals surface area contributed by atoms with Gasteiger partial charge in [-0.2, -0.15) is 0 Å². The molecule has 0 radical (unpaired) electrons. The molecule has 170 valence electrons. The Morgan fingerprint density at radius 3 is 1.69 bits per heavy atom. The first-order chi connectivity index (χ1) is 13.6. The van der Waals surface area contributed by atoms with E-state index in [0.29, 0.717) is 45.9 Å². The Morgan fingerprint density at radius 1 is 0.862 bits per heavy atom. The van der Waals surface area contributed by atoms with E-state index in [1.807, 2.05) is 13.8 Å². The Bertz CT molecular complexity index is 505. The molecule has 2 heterocycles. The van der Waals surface area contributed by atoms with Gasteiger partial charge in [0.1, 0.15) is 11.2 Å². The SMILES string of the molecule is CCCC(C)C(=O)NCC1(O)COC1.CCCC(C)C(=O)NCCC1(O)COC1. The van der Waals surface area contributed by atoms with Crippen molar-refractivity contribution in [1.82, 2.24) is 10.6 Å². The summed E-state index contributed by atoms with van der Waals surface area (Å²) >= 11 is 0. The van der Waals surface area contributed by atoms with Crippen LogP contribution < -0.4 is 10.6 Å². The van der Waals surface area contributed by atoms with Crippen molar-refractivity contribution in [2.75, 3.05) is 39.5 Å². The quantitative estimate of drug-likeness (QED) is 0.399. The molecule has 2 saturated heterocycles. The number of ether oxygens (including phenoxy) is 2. The highest BCUT2D eigenvalue weighted by Gasteiger charge is 2.36. The molecule has 0 aromatic carbocycles. The van der Waals surface area contributed by atoms with Crippen LogP contribution in [-0.2, 0) is 19.1 Å². The predicted octanol–water partition coefficient (Wildman–Crippen LogP) is 0.990. The molecular weight excluding hydrogens is 376 g/mol. The fourth-order valence-corrected chi connectivity index (χ4v) is 3.07. The molecule has 8 nitrogen and oxygen atoms in total. The molecule has 2 aliphatic heterocycles. The van der Waals surface area contributed by atoms with Gasteiger partial charge >= 0.3 is 0 Å². The van der Waals surface area contributed by atoms with Gasteiger partial charge in [0.2, 0.25) is 11.8 Å². The Kier molecular flexibility index (Phi) is 11.1. The van der Waals surface area contributed by atoms with Gasteiger partial charge in [0.05, 0.1) is 33.0 Å². The minimum Gasteiger partial charge on any atom is -0.385 e. The molecule has 0 aromatic rings. The van der Waals surface area contributed by atoms with Crippen molar-refractivity contribution in [2.45, 2.75) is 71.0 Å². The molecule has 2 amide bonds. The first kappa shape index (κ1) is 25.8. The van der Waals surface area contributed by atoms with E-state index in [9.17, 15) is 19.8 Å². The number of carbonyl (C=O) groups is 2. The van der Waals surface area contributed by atoms with Crippen LogP contribution in [0.4, 0.5) is 0 Å². The van der Waals surface area contributed by atoms with Gasteiger partial charge < -0.3 is 30.3 Å². The monoisotopic (exact) mass is 416 g/mol. The summed E-state index contributed by atoms with van der Waals surface area (Å²) in [5.74, 6) is 0.208. The number of rotatable bonds is 11. The van der Waals surface area contributed by atoms with E-state index in [1.54, 1.807) is 0 Å². The molecule has 8 heteroatoms. The van der Waals surface area contributed by atoms with Crippen molar-refractivity contribution < 1.29 is 29.3 Å². The van der Waals surface area contributed by atoms with E-state index in [4.69, 9.17) is 9.47 Å². The Labute approximate surface area is 174 Å². The lowest BCUT2D eigenvalue weighted by atomic mass is 9.98. The van der Waals surface area contributed by atoms with Crippen LogP contribution in [0, 0.1) is 11.8 Å². The van der Waals surface area contributed by atoms with E-state index in [0.717, 1.165) is 25.7 Å². The van der Waals surface area contributed by atoms with Gasteiger partial charge in [-0.25, -0.2) is 0 Å². The van der Waals surface area contributed by atoms with Crippen LogP contribution in [0.2, 0.25) is 0 Å². The van der Waals surface area contributed by atoms with E-state index in [-0.39, 0.29) is 23.7 Å². The fraction of sp³-hybridized carbons (Fsp3) is 0.905. The van der Waals surface area contributed by atoms with Crippen LogP contribution in [0.5, 0.6) is 0 Å². The maximum absolute atomic E-state index is 11.5. The number of carbonyl (C=O) groups excluding carboxylic acids is 2. The first-order valence-electron chi connectivity index (χ1n) is 10.8. The van der Waals surface area contributed by atoms with Crippen LogP contribution in [-0.4, -0.2) is 72.7 Å². The summed E-state index contributed by atoms with van der Waals surface area (Å²) in [6.07, 6.45) is 4.41. The maximum Gasteiger partial charge on any atom is 0.222 e. The zero-order valence-electron chi connectivity index (χ0n) is 18.5. The van der Waals surface area contributed by atoms with Gasteiger partial charge in [-0.3, -0.25) is 9.59 Å². The molecule has 29 heavy (non-hydrogen) atoms. The number of hydrogen-bond donors (Lipinski definition) is 4. The van der Waals surface area contributed by atoms with Crippen molar-refractivity contribution in [1.29, 1.82) is 0 Å². The van der Waals surface area contributed by atoms with E-state index >= 15 is 0 Å². The van der Waals surface area contributed by atoms with E-state index in [1.165, 1.54) is 0 Å². The second kappa shape index (κ2) is 12.5. The topological polar surface area (TPSA) is 117 Å².